The first kappa shape index (κ1) is 49.0. The van der Waals surface area contributed by atoms with Crippen LogP contribution >= 0.6 is 0 Å². The van der Waals surface area contributed by atoms with E-state index in [4.69, 9.17) is 42.6 Å². The fraction of sp³-hybridized carbons (Fsp3) is 0.829. The third-order valence-corrected chi connectivity index (χ3v) is 11.3. The molecule has 3 rings (SSSR count). The average Bonchev–Trinajstić information content (AvgIpc) is 3.13. The maximum Gasteiger partial charge on any atom is 0.309 e. The van der Waals surface area contributed by atoms with Crippen LogP contribution in [0.5, 0.6) is 0 Å². The van der Waals surface area contributed by atoms with E-state index in [0.29, 0.717) is 19.3 Å². The van der Waals surface area contributed by atoms with E-state index in [9.17, 15) is 29.8 Å². The topological polar surface area (TPSA) is 198 Å². The SMILES string of the molecule is CCO[C@H]1[C@H](C)O[C@@H](O[C@H]2[C@H]([N+](C)(C)[O-])[C@@H](O)[C@H](O[C@H]3[C@@H](CC=O)C[C@@H](C)[C@H](O)/C=C/C=C/C[C@@H](C)OC(=O)C[C@@H](OC(=O)CC)[C@@H]3OC)O[C@@H]2C)C[C@@]1(C)OC. The smallest absolute Gasteiger partial charge is 0.309 e. The van der Waals surface area contributed by atoms with E-state index in [0.717, 1.165) is 0 Å². The van der Waals surface area contributed by atoms with Gasteiger partial charge < -0.3 is 67.5 Å². The zero-order valence-corrected chi connectivity index (χ0v) is 35.6. The highest BCUT2D eigenvalue weighted by Gasteiger charge is 2.55. The van der Waals surface area contributed by atoms with Gasteiger partial charge in [0, 0.05) is 46.5 Å². The van der Waals surface area contributed by atoms with Crippen molar-refractivity contribution in [3.05, 3.63) is 29.5 Å². The summed E-state index contributed by atoms with van der Waals surface area (Å²) in [6.07, 6.45) is -3.85. The Morgan fingerprint density at radius 1 is 1.04 bits per heavy atom. The lowest BCUT2D eigenvalue weighted by atomic mass is 9.82. The number of carbonyl (C=O) groups excluding carboxylic acids is 3. The molecule has 2 fully saturated rings. The van der Waals surface area contributed by atoms with Crippen molar-refractivity contribution in [2.75, 3.05) is 34.9 Å². The van der Waals surface area contributed by atoms with Gasteiger partial charge in [0.1, 0.15) is 42.8 Å². The van der Waals surface area contributed by atoms with Crippen molar-refractivity contribution in [1.29, 1.82) is 0 Å². The summed E-state index contributed by atoms with van der Waals surface area (Å²) in [4.78, 5) is 38.5. The van der Waals surface area contributed by atoms with Crippen molar-refractivity contribution < 1.29 is 71.9 Å². The van der Waals surface area contributed by atoms with Crippen LogP contribution in [0.4, 0.5) is 0 Å². The number of hydroxylamine groups is 3. The number of esters is 2. The van der Waals surface area contributed by atoms with Gasteiger partial charge in [0.25, 0.3) is 0 Å². The summed E-state index contributed by atoms with van der Waals surface area (Å²) in [5, 5.41) is 37.2. The molecular weight excluding hydrogens is 746 g/mol. The van der Waals surface area contributed by atoms with E-state index in [1.165, 1.54) is 21.2 Å². The second-order valence-corrected chi connectivity index (χ2v) is 16.2. The summed E-state index contributed by atoms with van der Waals surface area (Å²) in [5.74, 6) is -2.44. The van der Waals surface area contributed by atoms with E-state index in [1.807, 2.05) is 33.8 Å². The zero-order valence-electron chi connectivity index (χ0n) is 35.6. The molecule has 16 heteroatoms. The number of carbonyl (C=O) groups is 3. The monoisotopic (exact) mass is 815 g/mol. The molecule has 0 amide bonds. The molecule has 328 valence electrons. The summed E-state index contributed by atoms with van der Waals surface area (Å²) in [5.41, 5.74) is -0.787. The molecule has 0 spiro atoms. The number of aliphatic hydroxyl groups excluding tert-OH is 2. The van der Waals surface area contributed by atoms with Crippen molar-refractivity contribution >= 4 is 18.2 Å². The molecule has 0 unspecified atom stereocenters. The van der Waals surface area contributed by atoms with Crippen LogP contribution < -0.4 is 0 Å². The van der Waals surface area contributed by atoms with Crippen molar-refractivity contribution in [1.82, 2.24) is 0 Å². The van der Waals surface area contributed by atoms with Gasteiger partial charge in [0.15, 0.2) is 18.7 Å². The average molecular weight is 816 g/mol. The quantitative estimate of drug-likeness (QED) is 0.118. The van der Waals surface area contributed by atoms with E-state index in [-0.39, 0.29) is 31.8 Å². The van der Waals surface area contributed by atoms with Crippen LogP contribution in [0.3, 0.4) is 0 Å². The minimum atomic E-state index is -1.61. The Bertz CT molecular complexity index is 1320. The minimum Gasteiger partial charge on any atom is -0.633 e. The number of likely N-dealkylation sites (N-methyl/N-ethyl adjacent to an activating group) is 1. The minimum absolute atomic E-state index is 0.0110. The molecule has 0 saturated carbocycles. The third kappa shape index (κ3) is 13.3. The first-order chi connectivity index (χ1) is 26.8. The first-order valence-corrected chi connectivity index (χ1v) is 20.2. The number of nitrogens with zero attached hydrogens (tertiary/aromatic N) is 1. The molecule has 2 saturated heterocycles. The van der Waals surface area contributed by atoms with Gasteiger partial charge in [0.2, 0.25) is 0 Å². The number of cyclic esters (lactones) is 1. The molecule has 3 aliphatic heterocycles. The summed E-state index contributed by atoms with van der Waals surface area (Å²) in [6.45, 7) is 12.9. The van der Waals surface area contributed by atoms with Gasteiger partial charge in [-0.1, -0.05) is 38.2 Å². The molecule has 16 atom stereocenters. The molecular formula is C41H69NO15. The molecule has 2 N–H and O–H groups in total. The second-order valence-electron chi connectivity index (χ2n) is 16.2. The summed E-state index contributed by atoms with van der Waals surface area (Å²) in [6, 6.07) is -1.18. The van der Waals surface area contributed by atoms with E-state index >= 15 is 0 Å². The molecule has 0 bridgehead atoms. The summed E-state index contributed by atoms with van der Waals surface area (Å²) < 4.78 is 54.1. The highest BCUT2D eigenvalue weighted by atomic mass is 16.7. The molecule has 3 heterocycles. The fourth-order valence-corrected chi connectivity index (χ4v) is 8.17. The van der Waals surface area contributed by atoms with Gasteiger partial charge in [-0.25, -0.2) is 0 Å². The Kier molecular flexibility index (Phi) is 19.2. The van der Waals surface area contributed by atoms with Gasteiger partial charge in [-0.05, 0) is 52.9 Å². The predicted molar refractivity (Wildman–Crippen MR) is 207 cm³/mol. The summed E-state index contributed by atoms with van der Waals surface area (Å²) >= 11 is 0. The van der Waals surface area contributed by atoms with Crippen LogP contribution in [0.25, 0.3) is 0 Å². The van der Waals surface area contributed by atoms with E-state index in [2.05, 4.69) is 0 Å². The molecule has 57 heavy (non-hydrogen) atoms. The standard InChI is InChI=1S/C41H69NO15/c1-12-31(45)55-30-22-32(46)52-25(4)17-15-14-16-18-29(44)24(3)21-28(19-20-43)37(38(30)49-10)57-40-35(47)34(42(8,9)48)36(26(5)54-40)56-33-23-41(7,50-11)39(51-13-2)27(6)53-33/h14-16,18,20,24-30,33-40,44,47H,12-13,17,19,21-23H2,1-11H3/b15-14+,18-16+/t24-,25-,26-,27+,28+,29-,30-,33+,34-,35-,36-,37+,38+,39+,40+,41-/m1/s1. The van der Waals surface area contributed by atoms with Gasteiger partial charge in [-0.3, -0.25) is 9.59 Å². The van der Waals surface area contributed by atoms with Gasteiger partial charge in [0.05, 0.1) is 50.5 Å². The van der Waals surface area contributed by atoms with Gasteiger partial charge in [-0.15, -0.1) is 0 Å². The number of ether oxygens (including phenoxy) is 9. The molecule has 3 aliphatic rings. The number of allylic oxidation sites excluding steroid dienone is 2. The van der Waals surface area contributed by atoms with Gasteiger partial charge >= 0.3 is 11.9 Å². The Hall–Kier alpha value is -2.35. The van der Waals surface area contributed by atoms with Crippen molar-refractivity contribution in [2.24, 2.45) is 11.8 Å². The largest absolute Gasteiger partial charge is 0.633 e. The molecule has 0 aliphatic carbocycles. The lowest BCUT2D eigenvalue weighted by molar-refractivity contribution is -0.879. The highest BCUT2D eigenvalue weighted by molar-refractivity contribution is 5.72. The number of hydrogen-bond donors (Lipinski definition) is 2. The first-order valence-electron chi connectivity index (χ1n) is 20.2. The molecule has 16 nitrogen and oxygen atoms in total. The zero-order chi connectivity index (χ0) is 42.7. The van der Waals surface area contributed by atoms with Crippen LogP contribution in [0.2, 0.25) is 0 Å². The molecule has 0 aromatic carbocycles. The number of hydrogen-bond acceptors (Lipinski definition) is 15. The van der Waals surface area contributed by atoms with Crippen LogP contribution in [0.1, 0.15) is 87.0 Å². The summed E-state index contributed by atoms with van der Waals surface area (Å²) in [7, 11) is 5.70. The lowest BCUT2D eigenvalue weighted by Gasteiger charge is -2.54. The highest BCUT2D eigenvalue weighted by Crippen LogP contribution is 2.39. The normalized spacial score (nSPS) is 41.4. The van der Waals surface area contributed by atoms with Gasteiger partial charge in [-0.2, -0.15) is 0 Å². The molecule has 0 aromatic heterocycles. The van der Waals surface area contributed by atoms with Crippen LogP contribution in [-0.4, -0.2) is 153 Å². The third-order valence-electron chi connectivity index (χ3n) is 11.3. The Morgan fingerprint density at radius 2 is 1.74 bits per heavy atom. The number of rotatable bonds is 13. The Labute approximate surface area is 338 Å². The van der Waals surface area contributed by atoms with Crippen LogP contribution in [0.15, 0.2) is 24.3 Å². The van der Waals surface area contributed by atoms with Crippen molar-refractivity contribution in [3.63, 3.8) is 0 Å². The van der Waals surface area contributed by atoms with Crippen LogP contribution in [0, 0.1) is 17.0 Å². The Morgan fingerprint density at radius 3 is 2.33 bits per heavy atom. The number of methoxy groups -OCH3 is 2. The Balaban J connectivity index is 2.07. The maximum atomic E-state index is 14.0. The number of quaternary nitrogens is 1. The maximum absolute atomic E-state index is 14.0. The molecule has 0 aromatic rings. The van der Waals surface area contributed by atoms with E-state index in [1.54, 1.807) is 46.1 Å². The lowest BCUT2D eigenvalue weighted by Crippen LogP contribution is -2.69. The van der Waals surface area contributed by atoms with Crippen molar-refractivity contribution in [3.8, 4) is 0 Å². The predicted octanol–water partition coefficient (Wildman–Crippen LogP) is 3.52. The number of aldehydes is 1. The number of aliphatic hydroxyl groups is 2. The fourth-order valence-electron chi connectivity index (χ4n) is 8.17. The van der Waals surface area contributed by atoms with Crippen molar-refractivity contribution in [2.45, 2.75) is 172 Å². The molecule has 0 radical (unpaired) electrons. The van der Waals surface area contributed by atoms with Crippen LogP contribution in [-0.2, 0) is 57.0 Å². The van der Waals surface area contributed by atoms with E-state index < -0.39 is 114 Å². The second kappa shape index (κ2) is 22.3.